The Kier molecular flexibility index (Phi) is 7.92. The monoisotopic (exact) mass is 437 g/mol. The fourth-order valence-corrected chi connectivity index (χ4v) is 3.03. The third kappa shape index (κ3) is 6.92. The van der Waals surface area contributed by atoms with Gasteiger partial charge in [-0.25, -0.2) is 19.6 Å². The normalized spacial score (nSPS) is 16.8. The van der Waals surface area contributed by atoms with Crippen LogP contribution >= 0.6 is 0 Å². The summed E-state index contributed by atoms with van der Waals surface area (Å²) in [6.45, 7) is 4.98. The molecule has 31 heavy (non-hydrogen) atoms. The van der Waals surface area contributed by atoms with Gasteiger partial charge in [0.2, 0.25) is 0 Å². The fourth-order valence-electron chi connectivity index (χ4n) is 3.03. The zero-order chi connectivity index (χ0) is 23.2. The molecule has 0 saturated carbocycles. The van der Waals surface area contributed by atoms with Gasteiger partial charge < -0.3 is 14.2 Å². The predicted octanol–water partition coefficient (Wildman–Crippen LogP) is 2.68. The topological polar surface area (TPSA) is 129 Å². The predicted molar refractivity (Wildman–Crippen MR) is 108 cm³/mol. The van der Waals surface area contributed by atoms with Crippen molar-refractivity contribution in [2.24, 2.45) is 0 Å². The molecule has 2 rings (SSSR count). The molecule has 1 heterocycles. The molecule has 1 atom stereocenters. The third-order valence-electron chi connectivity index (χ3n) is 4.43. The van der Waals surface area contributed by atoms with E-state index in [0.29, 0.717) is 19.4 Å². The minimum absolute atomic E-state index is 0.131. The van der Waals surface area contributed by atoms with Gasteiger partial charge in [0.1, 0.15) is 23.9 Å². The molecule has 1 aliphatic heterocycles. The minimum Gasteiger partial charge on any atom is -0.468 e. The van der Waals surface area contributed by atoms with Crippen LogP contribution < -0.4 is 4.74 Å². The lowest BCUT2D eigenvalue weighted by molar-refractivity contribution is -0.384. The van der Waals surface area contributed by atoms with E-state index in [9.17, 15) is 24.5 Å². The molecule has 1 saturated heterocycles. The first kappa shape index (κ1) is 24.1. The average molecular weight is 437 g/mol. The van der Waals surface area contributed by atoms with E-state index >= 15 is 0 Å². The van der Waals surface area contributed by atoms with E-state index < -0.39 is 41.1 Å². The minimum atomic E-state index is -0.846. The number of nitro groups is 1. The van der Waals surface area contributed by atoms with E-state index in [1.54, 1.807) is 20.8 Å². The molecule has 11 heteroatoms. The number of hydrogen-bond donors (Lipinski definition) is 0. The lowest BCUT2D eigenvalue weighted by Gasteiger charge is -2.41. The number of carbonyl (C=O) groups is 3. The van der Waals surface area contributed by atoms with Gasteiger partial charge in [0, 0.05) is 18.7 Å². The van der Waals surface area contributed by atoms with E-state index in [0.717, 1.165) is 11.4 Å². The smallest absolute Gasteiger partial charge is 0.425 e. The molecule has 1 aromatic carbocycles. The van der Waals surface area contributed by atoms with Crippen molar-refractivity contribution in [3.05, 3.63) is 34.4 Å². The van der Waals surface area contributed by atoms with E-state index in [-0.39, 0.29) is 11.4 Å². The van der Waals surface area contributed by atoms with Crippen molar-refractivity contribution in [3.63, 3.8) is 0 Å². The van der Waals surface area contributed by atoms with Crippen LogP contribution in [0.15, 0.2) is 24.3 Å². The quantitative estimate of drug-likeness (QED) is 0.285. The molecule has 1 unspecified atom stereocenters. The highest BCUT2D eigenvalue weighted by Crippen LogP contribution is 2.24. The zero-order valence-corrected chi connectivity index (χ0v) is 18.0. The number of ether oxygens (including phenoxy) is 3. The Morgan fingerprint density at radius 1 is 1.19 bits per heavy atom. The van der Waals surface area contributed by atoms with Crippen LogP contribution in [0.1, 0.15) is 40.0 Å². The van der Waals surface area contributed by atoms with Crippen molar-refractivity contribution < 1.29 is 33.5 Å². The number of piperidine rings is 1. The van der Waals surface area contributed by atoms with Gasteiger partial charge in [0.15, 0.2) is 0 Å². The molecule has 0 N–H and O–H groups in total. The fraction of sp³-hybridized carbons (Fsp3) is 0.550. The van der Waals surface area contributed by atoms with Gasteiger partial charge in [0.25, 0.3) is 5.69 Å². The Morgan fingerprint density at radius 3 is 2.39 bits per heavy atom. The van der Waals surface area contributed by atoms with Crippen LogP contribution in [-0.4, -0.2) is 64.8 Å². The summed E-state index contributed by atoms with van der Waals surface area (Å²) < 4.78 is 15.5. The number of methoxy groups -OCH3 is 1. The molecule has 0 aromatic heterocycles. The molecule has 11 nitrogen and oxygen atoms in total. The maximum atomic E-state index is 12.9. The molecular weight excluding hydrogens is 410 g/mol. The molecule has 1 fully saturated rings. The van der Waals surface area contributed by atoms with E-state index in [4.69, 9.17) is 9.47 Å². The van der Waals surface area contributed by atoms with Gasteiger partial charge in [0.05, 0.1) is 12.0 Å². The van der Waals surface area contributed by atoms with Crippen LogP contribution in [0.2, 0.25) is 0 Å². The maximum Gasteiger partial charge on any atom is 0.425 e. The van der Waals surface area contributed by atoms with E-state index in [2.05, 4.69) is 4.74 Å². The largest absolute Gasteiger partial charge is 0.468 e. The second-order valence-corrected chi connectivity index (χ2v) is 7.96. The lowest BCUT2D eigenvalue weighted by Crippen LogP contribution is -2.59. The van der Waals surface area contributed by atoms with Gasteiger partial charge in [-0.2, -0.15) is 0 Å². The van der Waals surface area contributed by atoms with Crippen LogP contribution in [-0.2, 0) is 19.1 Å². The first-order valence-corrected chi connectivity index (χ1v) is 9.82. The van der Waals surface area contributed by atoms with Crippen molar-refractivity contribution in [1.29, 1.82) is 0 Å². The highest BCUT2D eigenvalue weighted by molar-refractivity contribution is 5.81. The summed E-state index contributed by atoms with van der Waals surface area (Å²) in [6, 6.07) is 4.25. The molecule has 0 radical (unpaired) electrons. The summed E-state index contributed by atoms with van der Waals surface area (Å²) in [6.07, 6.45) is 1.03. The summed E-state index contributed by atoms with van der Waals surface area (Å²) in [5.74, 6) is -1.18. The van der Waals surface area contributed by atoms with Crippen LogP contribution in [0.25, 0.3) is 0 Å². The standard InChI is InChI=1S/C20H27N3O8/c1-20(2,3)31-19(26)22(13-17(24)29-4)21-12-6-5-7-16(21)18(25)30-15-10-8-14(9-11-15)23(27)28/h8-11,16H,5-7,12-13H2,1-4H3. The SMILES string of the molecule is COC(=O)CN(C(=O)OC(C)(C)C)N1CCCCC1C(=O)Oc1ccc([N+](=O)[O-])cc1. The maximum absolute atomic E-state index is 12.9. The van der Waals surface area contributed by atoms with Gasteiger partial charge in [-0.3, -0.25) is 14.9 Å². The van der Waals surface area contributed by atoms with Gasteiger partial charge in [-0.15, -0.1) is 0 Å². The molecule has 1 aliphatic rings. The number of benzene rings is 1. The Morgan fingerprint density at radius 2 is 1.84 bits per heavy atom. The molecule has 1 amide bonds. The highest BCUT2D eigenvalue weighted by atomic mass is 16.6. The van der Waals surface area contributed by atoms with Gasteiger partial charge >= 0.3 is 18.0 Å². The number of non-ortho nitro benzene ring substituents is 1. The second kappa shape index (κ2) is 10.2. The molecule has 0 aliphatic carbocycles. The summed E-state index contributed by atoms with van der Waals surface area (Å²) >= 11 is 0. The number of hydrogen-bond acceptors (Lipinski definition) is 9. The van der Waals surface area contributed by atoms with Crippen molar-refractivity contribution in [2.45, 2.75) is 51.7 Å². The first-order chi connectivity index (χ1) is 14.5. The summed E-state index contributed by atoms with van der Waals surface area (Å²) in [5.41, 5.74) is -0.941. The van der Waals surface area contributed by atoms with Gasteiger partial charge in [-0.05, 0) is 52.2 Å². The van der Waals surface area contributed by atoms with E-state index in [1.165, 1.54) is 36.4 Å². The number of nitrogens with zero attached hydrogens (tertiary/aromatic N) is 3. The summed E-state index contributed by atoms with van der Waals surface area (Å²) in [4.78, 5) is 47.8. The molecule has 1 aromatic rings. The van der Waals surface area contributed by atoms with Crippen LogP contribution in [0.5, 0.6) is 5.75 Å². The van der Waals surface area contributed by atoms with E-state index in [1.807, 2.05) is 0 Å². The third-order valence-corrected chi connectivity index (χ3v) is 4.43. The number of esters is 2. The Bertz CT molecular complexity index is 819. The van der Waals surface area contributed by atoms with Gasteiger partial charge in [-0.1, -0.05) is 0 Å². The highest BCUT2D eigenvalue weighted by Gasteiger charge is 2.39. The molecule has 0 bridgehead atoms. The first-order valence-electron chi connectivity index (χ1n) is 9.82. The number of amides is 1. The van der Waals surface area contributed by atoms with Crippen LogP contribution in [0.3, 0.4) is 0 Å². The lowest BCUT2D eigenvalue weighted by atomic mass is 10.0. The zero-order valence-electron chi connectivity index (χ0n) is 18.0. The number of nitro benzene ring substituents is 1. The Labute approximate surface area is 180 Å². The average Bonchev–Trinajstić information content (AvgIpc) is 2.70. The Hall–Kier alpha value is -3.21. The summed E-state index contributed by atoms with van der Waals surface area (Å²) in [5, 5.41) is 13.3. The van der Waals surface area contributed by atoms with Crippen LogP contribution in [0.4, 0.5) is 10.5 Å². The second-order valence-electron chi connectivity index (χ2n) is 7.96. The van der Waals surface area contributed by atoms with Crippen LogP contribution in [0, 0.1) is 10.1 Å². The van der Waals surface area contributed by atoms with Crippen molar-refractivity contribution in [1.82, 2.24) is 10.0 Å². The summed E-state index contributed by atoms with van der Waals surface area (Å²) in [7, 11) is 1.20. The van der Waals surface area contributed by atoms with Crippen molar-refractivity contribution in [2.75, 3.05) is 20.2 Å². The molecule has 170 valence electrons. The van der Waals surface area contributed by atoms with Crippen molar-refractivity contribution in [3.8, 4) is 5.75 Å². The Balaban J connectivity index is 2.22. The number of rotatable bonds is 6. The molecular formula is C20H27N3O8. The van der Waals surface area contributed by atoms with Crippen molar-refractivity contribution >= 4 is 23.7 Å². The number of carbonyl (C=O) groups excluding carboxylic acids is 3. The molecule has 0 spiro atoms. The number of hydrazine groups is 1.